The van der Waals surface area contributed by atoms with E-state index in [-0.39, 0.29) is 0 Å². The molecule has 0 bridgehead atoms. The molecular formula is C24H50. The van der Waals surface area contributed by atoms with Crippen LogP contribution in [0, 0.1) is 34.5 Å². The molecule has 0 aliphatic rings. The van der Waals surface area contributed by atoms with E-state index in [1.165, 1.54) is 51.4 Å². The summed E-state index contributed by atoms with van der Waals surface area (Å²) >= 11 is 0. The molecule has 0 aliphatic heterocycles. The van der Waals surface area contributed by atoms with Crippen molar-refractivity contribution in [2.75, 3.05) is 0 Å². The lowest BCUT2D eigenvalue weighted by Crippen LogP contribution is -2.34. The maximum absolute atomic E-state index is 2.51. The van der Waals surface area contributed by atoms with Crippen LogP contribution in [-0.2, 0) is 0 Å². The average molecular weight is 339 g/mol. The molecule has 0 heteroatoms. The van der Waals surface area contributed by atoms with E-state index < -0.39 is 0 Å². The van der Waals surface area contributed by atoms with Crippen LogP contribution in [0.5, 0.6) is 0 Å². The highest BCUT2D eigenvalue weighted by molar-refractivity contribution is 4.89. The Morgan fingerprint density at radius 2 is 1.29 bits per heavy atom. The molecule has 0 nitrogen and oxygen atoms in total. The molecule has 0 aromatic rings. The smallest absolute Gasteiger partial charge is 0.0285 e. The second kappa shape index (κ2) is 10.9. The summed E-state index contributed by atoms with van der Waals surface area (Å²) in [6.45, 7) is 24.4. The summed E-state index contributed by atoms with van der Waals surface area (Å²) in [4.78, 5) is 0. The van der Waals surface area contributed by atoms with Gasteiger partial charge in [0, 0.05) is 0 Å². The molecule has 0 heterocycles. The molecular weight excluding hydrogens is 288 g/mol. The number of hydrogen-bond donors (Lipinski definition) is 0. The first-order chi connectivity index (χ1) is 11.0. The molecule has 0 aliphatic carbocycles. The normalized spacial score (nSPS) is 19.1. The highest BCUT2D eigenvalue weighted by atomic mass is 14.4. The van der Waals surface area contributed by atoms with Gasteiger partial charge in [0.2, 0.25) is 0 Å². The van der Waals surface area contributed by atoms with Crippen molar-refractivity contribution in [1.82, 2.24) is 0 Å². The highest BCUT2D eigenvalue weighted by Gasteiger charge is 2.39. The second-order valence-corrected chi connectivity index (χ2v) is 10.4. The Morgan fingerprint density at radius 3 is 1.71 bits per heavy atom. The minimum absolute atomic E-state index is 0.468. The first-order valence-electron chi connectivity index (χ1n) is 11.0. The van der Waals surface area contributed by atoms with Crippen molar-refractivity contribution in [3.05, 3.63) is 0 Å². The average Bonchev–Trinajstić information content (AvgIpc) is 2.46. The van der Waals surface area contributed by atoms with Gasteiger partial charge < -0.3 is 0 Å². The molecule has 0 N–H and O–H groups in total. The molecule has 0 aromatic heterocycles. The van der Waals surface area contributed by atoms with Crippen LogP contribution in [0.25, 0.3) is 0 Å². The van der Waals surface area contributed by atoms with Gasteiger partial charge in [0.15, 0.2) is 0 Å². The van der Waals surface area contributed by atoms with Crippen LogP contribution in [0.3, 0.4) is 0 Å². The van der Waals surface area contributed by atoms with Gasteiger partial charge in [-0.05, 0) is 60.2 Å². The second-order valence-electron chi connectivity index (χ2n) is 10.4. The third kappa shape index (κ3) is 8.91. The zero-order valence-electron chi connectivity index (χ0n) is 19.0. The van der Waals surface area contributed by atoms with Crippen molar-refractivity contribution >= 4 is 0 Å². The Kier molecular flexibility index (Phi) is 10.9. The Balaban J connectivity index is 5.60. The van der Waals surface area contributed by atoms with Gasteiger partial charge in [-0.3, -0.25) is 0 Å². The van der Waals surface area contributed by atoms with E-state index in [2.05, 4.69) is 69.2 Å². The lowest BCUT2D eigenvalue weighted by atomic mass is 9.60. The minimum atomic E-state index is 0.468. The summed E-state index contributed by atoms with van der Waals surface area (Å²) in [7, 11) is 0. The van der Waals surface area contributed by atoms with Crippen LogP contribution in [-0.4, -0.2) is 0 Å². The van der Waals surface area contributed by atoms with Crippen LogP contribution < -0.4 is 0 Å². The van der Waals surface area contributed by atoms with E-state index in [0.717, 1.165) is 23.7 Å². The van der Waals surface area contributed by atoms with E-state index in [4.69, 9.17) is 0 Å². The summed E-state index contributed by atoms with van der Waals surface area (Å²) in [6, 6.07) is 0. The Bertz CT molecular complexity index is 314. The summed E-state index contributed by atoms with van der Waals surface area (Å²) in [6.07, 6.45) is 11.0. The first-order valence-corrected chi connectivity index (χ1v) is 11.0. The van der Waals surface area contributed by atoms with Crippen molar-refractivity contribution in [2.24, 2.45) is 34.5 Å². The first kappa shape index (κ1) is 24.0. The fourth-order valence-corrected chi connectivity index (χ4v) is 4.74. The number of hydrogen-bond acceptors (Lipinski definition) is 0. The van der Waals surface area contributed by atoms with E-state index in [0.29, 0.717) is 10.8 Å². The molecule has 0 fully saturated rings. The molecule has 0 rings (SSSR count). The van der Waals surface area contributed by atoms with Gasteiger partial charge in [0.25, 0.3) is 0 Å². The molecule has 0 radical (unpaired) electrons. The zero-order chi connectivity index (χ0) is 19.0. The van der Waals surface area contributed by atoms with Gasteiger partial charge >= 0.3 is 0 Å². The van der Waals surface area contributed by atoms with Crippen LogP contribution >= 0.6 is 0 Å². The zero-order valence-corrected chi connectivity index (χ0v) is 19.0. The monoisotopic (exact) mass is 338 g/mol. The van der Waals surface area contributed by atoms with Crippen molar-refractivity contribution in [2.45, 2.75) is 121 Å². The predicted octanol–water partition coefficient (Wildman–Crippen LogP) is 8.74. The summed E-state index contributed by atoms with van der Waals surface area (Å²) < 4.78 is 0. The van der Waals surface area contributed by atoms with Crippen LogP contribution in [0.4, 0.5) is 0 Å². The van der Waals surface area contributed by atoms with Crippen molar-refractivity contribution in [3.8, 4) is 0 Å². The molecule has 0 spiro atoms. The van der Waals surface area contributed by atoms with Gasteiger partial charge in [-0.1, -0.05) is 94.9 Å². The molecule has 4 unspecified atom stereocenters. The maximum atomic E-state index is 2.51. The highest BCUT2D eigenvalue weighted by Crippen LogP contribution is 2.50. The van der Waals surface area contributed by atoms with E-state index in [9.17, 15) is 0 Å². The minimum Gasteiger partial charge on any atom is -0.0654 e. The topological polar surface area (TPSA) is 0 Å². The molecule has 0 aromatic carbocycles. The van der Waals surface area contributed by atoms with Crippen LogP contribution in [0.2, 0.25) is 0 Å². The fraction of sp³-hybridized carbons (Fsp3) is 1.00. The number of rotatable bonds is 13. The van der Waals surface area contributed by atoms with Crippen LogP contribution in [0.15, 0.2) is 0 Å². The summed E-state index contributed by atoms with van der Waals surface area (Å²) in [5.41, 5.74) is 1.00. The largest absolute Gasteiger partial charge is 0.0654 e. The van der Waals surface area contributed by atoms with Gasteiger partial charge in [-0.15, -0.1) is 0 Å². The molecule has 24 heavy (non-hydrogen) atoms. The van der Waals surface area contributed by atoms with Gasteiger partial charge in [-0.2, -0.15) is 0 Å². The van der Waals surface area contributed by atoms with Gasteiger partial charge in [0.05, 0.1) is 0 Å². The van der Waals surface area contributed by atoms with E-state index in [1.807, 2.05) is 0 Å². The Labute approximate surface area is 155 Å². The van der Waals surface area contributed by atoms with Gasteiger partial charge in [-0.25, -0.2) is 0 Å². The molecule has 0 amide bonds. The lowest BCUT2D eigenvalue weighted by Gasteiger charge is -2.45. The van der Waals surface area contributed by atoms with Crippen LogP contribution in [0.1, 0.15) is 121 Å². The van der Waals surface area contributed by atoms with Gasteiger partial charge in [0.1, 0.15) is 0 Å². The third-order valence-corrected chi connectivity index (χ3v) is 6.75. The lowest BCUT2D eigenvalue weighted by molar-refractivity contribution is 0.0556. The van der Waals surface area contributed by atoms with Crippen molar-refractivity contribution < 1.29 is 0 Å². The van der Waals surface area contributed by atoms with Crippen molar-refractivity contribution in [1.29, 1.82) is 0 Å². The third-order valence-electron chi connectivity index (χ3n) is 6.75. The SMILES string of the molecule is CCCC(C)CC(CC(C)CC)(CC(C)C(C)C)CC(C)(C)CC. The summed E-state index contributed by atoms with van der Waals surface area (Å²) in [5, 5.41) is 0. The Hall–Kier alpha value is 0. The van der Waals surface area contributed by atoms with Crippen molar-refractivity contribution in [3.63, 3.8) is 0 Å². The maximum Gasteiger partial charge on any atom is -0.0285 e. The van der Waals surface area contributed by atoms with E-state index >= 15 is 0 Å². The summed E-state index contributed by atoms with van der Waals surface area (Å²) in [5.74, 6) is 3.35. The predicted molar refractivity (Wildman–Crippen MR) is 113 cm³/mol. The molecule has 146 valence electrons. The van der Waals surface area contributed by atoms with E-state index in [1.54, 1.807) is 0 Å². The standard InChI is InChI=1S/C24H50/c1-11-14-21(7)16-24(15-20(6)12-2,17-22(8)19(4)5)18-23(9,10)13-3/h19-22H,11-18H2,1-10H3. The fourth-order valence-electron chi connectivity index (χ4n) is 4.74. The molecule has 4 atom stereocenters. The molecule has 0 saturated heterocycles. The quantitative estimate of drug-likeness (QED) is 0.315. The molecule has 0 saturated carbocycles. The Morgan fingerprint density at radius 1 is 0.750 bits per heavy atom.